The molecule has 3 rings (SSSR count). The lowest BCUT2D eigenvalue weighted by atomic mass is 9.96. The summed E-state index contributed by atoms with van der Waals surface area (Å²) in [7, 11) is 3.66. The summed E-state index contributed by atoms with van der Waals surface area (Å²) < 4.78 is 4.92. The van der Waals surface area contributed by atoms with E-state index in [0.717, 1.165) is 0 Å². The first-order valence-corrected chi connectivity index (χ1v) is 9.59. The molecule has 1 amide bonds. The number of nitro benzene ring substituents is 1. The average molecular weight is 406 g/mol. The van der Waals surface area contributed by atoms with Crippen molar-refractivity contribution >= 4 is 35.7 Å². The van der Waals surface area contributed by atoms with Gasteiger partial charge in [-0.2, -0.15) is 0 Å². The van der Waals surface area contributed by atoms with Crippen LogP contribution in [0.15, 0.2) is 29.3 Å². The Morgan fingerprint density at radius 3 is 2.61 bits per heavy atom. The van der Waals surface area contributed by atoms with Gasteiger partial charge in [-0.1, -0.05) is 0 Å². The molecule has 10 heteroatoms. The highest BCUT2D eigenvalue weighted by Gasteiger charge is 2.64. The molecule has 2 heterocycles. The zero-order valence-electron chi connectivity index (χ0n) is 16.1. The first kappa shape index (κ1) is 20.1. The van der Waals surface area contributed by atoms with E-state index in [1.807, 2.05) is 27.9 Å². The fourth-order valence-electron chi connectivity index (χ4n) is 3.26. The summed E-state index contributed by atoms with van der Waals surface area (Å²) in [5, 5.41) is 10.5. The van der Waals surface area contributed by atoms with Crippen LogP contribution in [0.1, 0.15) is 19.4 Å². The Hall–Kier alpha value is -2.62. The maximum absolute atomic E-state index is 12.7. The third-order valence-electron chi connectivity index (χ3n) is 4.62. The SMILES string of the molecule is CN(C)/C=N/[C@@H]1C(=O)N2C(C(=O)OCc3ccc([N+](=O)[O-])cc3)C(C)(C)S[C@H]12. The molecule has 2 aliphatic heterocycles. The van der Waals surface area contributed by atoms with Crippen molar-refractivity contribution in [2.24, 2.45) is 4.99 Å². The number of benzene rings is 1. The zero-order valence-corrected chi connectivity index (χ0v) is 16.9. The quantitative estimate of drug-likeness (QED) is 0.177. The molecule has 2 aliphatic rings. The molecule has 0 aromatic heterocycles. The molecule has 150 valence electrons. The van der Waals surface area contributed by atoms with E-state index in [-0.39, 0.29) is 23.6 Å². The summed E-state index contributed by atoms with van der Waals surface area (Å²) in [6.07, 6.45) is 1.60. The average Bonchev–Trinajstić information content (AvgIpc) is 2.87. The van der Waals surface area contributed by atoms with Crippen molar-refractivity contribution < 1.29 is 19.2 Å². The summed E-state index contributed by atoms with van der Waals surface area (Å²) in [5.41, 5.74) is 0.615. The Morgan fingerprint density at radius 2 is 2.04 bits per heavy atom. The largest absolute Gasteiger partial charge is 0.459 e. The lowest BCUT2D eigenvalue weighted by Gasteiger charge is -2.41. The lowest BCUT2D eigenvalue weighted by Crippen LogP contribution is -2.65. The van der Waals surface area contributed by atoms with Gasteiger partial charge in [0.1, 0.15) is 18.0 Å². The summed E-state index contributed by atoms with van der Waals surface area (Å²) in [6, 6.07) is 4.63. The van der Waals surface area contributed by atoms with Crippen molar-refractivity contribution in [3.05, 3.63) is 39.9 Å². The molecule has 0 bridgehead atoms. The Labute approximate surface area is 166 Å². The predicted octanol–water partition coefficient (Wildman–Crippen LogP) is 1.66. The number of thioether (sulfide) groups is 1. The van der Waals surface area contributed by atoms with E-state index in [0.29, 0.717) is 5.56 Å². The van der Waals surface area contributed by atoms with Crippen LogP contribution in [0.3, 0.4) is 0 Å². The zero-order chi connectivity index (χ0) is 20.6. The normalized spacial score (nSPS) is 25.4. The van der Waals surface area contributed by atoms with Crippen molar-refractivity contribution in [1.82, 2.24) is 9.80 Å². The number of hydrogen-bond donors (Lipinski definition) is 0. The maximum Gasteiger partial charge on any atom is 0.330 e. The van der Waals surface area contributed by atoms with Gasteiger partial charge in [-0.15, -0.1) is 11.8 Å². The van der Waals surface area contributed by atoms with Crippen LogP contribution in [0.25, 0.3) is 0 Å². The van der Waals surface area contributed by atoms with Gasteiger partial charge in [-0.3, -0.25) is 19.9 Å². The Kier molecular flexibility index (Phi) is 5.33. The molecule has 0 saturated carbocycles. The number of aliphatic imine (C=N–C) groups is 1. The lowest BCUT2D eigenvalue weighted by molar-refractivity contribution is -0.384. The van der Waals surface area contributed by atoms with Crippen molar-refractivity contribution in [3.8, 4) is 0 Å². The second-order valence-corrected chi connectivity index (χ2v) is 9.24. The van der Waals surface area contributed by atoms with Gasteiger partial charge in [0.2, 0.25) is 0 Å². The molecule has 0 radical (unpaired) electrons. The minimum absolute atomic E-state index is 0.0109. The molecule has 0 aliphatic carbocycles. The number of nitrogens with zero attached hydrogens (tertiary/aromatic N) is 4. The highest BCUT2D eigenvalue weighted by atomic mass is 32.2. The van der Waals surface area contributed by atoms with Gasteiger partial charge in [0.25, 0.3) is 11.6 Å². The molecule has 0 spiro atoms. The van der Waals surface area contributed by atoms with Crippen molar-refractivity contribution in [1.29, 1.82) is 0 Å². The van der Waals surface area contributed by atoms with Gasteiger partial charge in [0, 0.05) is 31.0 Å². The molecule has 1 unspecified atom stereocenters. The van der Waals surface area contributed by atoms with Crippen LogP contribution >= 0.6 is 11.8 Å². The molecule has 0 N–H and O–H groups in total. The highest BCUT2D eigenvalue weighted by molar-refractivity contribution is 8.01. The number of β-lactam (4-membered cyclic amide) rings is 1. The number of nitro groups is 1. The maximum atomic E-state index is 12.7. The Balaban J connectivity index is 1.66. The number of carbonyl (C=O) groups excluding carboxylic acids is 2. The molecule has 9 nitrogen and oxygen atoms in total. The van der Waals surface area contributed by atoms with Crippen molar-refractivity contribution in [3.63, 3.8) is 0 Å². The number of non-ortho nitro benzene ring substituents is 1. The van der Waals surface area contributed by atoms with Crippen LogP contribution in [0.5, 0.6) is 0 Å². The van der Waals surface area contributed by atoms with E-state index in [4.69, 9.17) is 4.74 Å². The van der Waals surface area contributed by atoms with E-state index >= 15 is 0 Å². The molecular formula is C18H22N4O5S. The molecule has 1 aromatic carbocycles. The van der Waals surface area contributed by atoms with E-state index < -0.39 is 27.7 Å². The van der Waals surface area contributed by atoms with Crippen LogP contribution in [0.4, 0.5) is 5.69 Å². The van der Waals surface area contributed by atoms with Crippen LogP contribution in [0, 0.1) is 10.1 Å². The summed E-state index contributed by atoms with van der Waals surface area (Å²) in [5.74, 6) is -0.666. The van der Waals surface area contributed by atoms with E-state index in [1.54, 1.807) is 40.0 Å². The number of amides is 1. The van der Waals surface area contributed by atoms with Crippen molar-refractivity contribution in [2.45, 2.75) is 42.7 Å². The first-order chi connectivity index (χ1) is 13.1. The van der Waals surface area contributed by atoms with Crippen LogP contribution < -0.4 is 0 Å². The van der Waals surface area contributed by atoms with Crippen LogP contribution in [-0.2, 0) is 20.9 Å². The molecule has 2 saturated heterocycles. The van der Waals surface area contributed by atoms with Gasteiger partial charge < -0.3 is 14.5 Å². The van der Waals surface area contributed by atoms with Crippen molar-refractivity contribution in [2.75, 3.05) is 14.1 Å². The highest BCUT2D eigenvalue weighted by Crippen LogP contribution is 2.51. The van der Waals surface area contributed by atoms with Gasteiger partial charge in [0.05, 0.1) is 11.3 Å². The molecule has 28 heavy (non-hydrogen) atoms. The summed E-state index contributed by atoms with van der Waals surface area (Å²) in [4.78, 5) is 43.1. The molecule has 3 atom stereocenters. The summed E-state index contributed by atoms with van der Waals surface area (Å²) >= 11 is 1.54. The third-order valence-corrected chi connectivity index (χ3v) is 6.18. The number of ether oxygens (including phenoxy) is 1. The summed E-state index contributed by atoms with van der Waals surface area (Å²) in [6.45, 7) is 3.81. The minimum atomic E-state index is -0.696. The standard InChI is InChI=1S/C18H22N4O5S/c1-18(2)14(21-15(23)13(16(21)28-18)19-10-20(3)4)17(24)27-9-11-5-7-12(8-6-11)22(25)26/h5-8,10,13-14,16H,9H2,1-4H3/b19-10+/t13-,14?,16-/m1/s1. The smallest absolute Gasteiger partial charge is 0.330 e. The number of rotatable bonds is 6. The molecular weight excluding hydrogens is 384 g/mol. The van der Waals surface area contributed by atoms with Gasteiger partial charge in [-0.25, -0.2) is 4.79 Å². The van der Waals surface area contributed by atoms with Gasteiger partial charge in [0.15, 0.2) is 6.04 Å². The predicted molar refractivity (Wildman–Crippen MR) is 105 cm³/mol. The number of fused-ring (bicyclic) bond motifs is 1. The van der Waals surface area contributed by atoms with Crippen LogP contribution in [0.2, 0.25) is 0 Å². The van der Waals surface area contributed by atoms with E-state index in [9.17, 15) is 19.7 Å². The number of hydrogen-bond acceptors (Lipinski definition) is 7. The Morgan fingerprint density at radius 1 is 1.39 bits per heavy atom. The number of esters is 1. The van der Waals surface area contributed by atoms with Gasteiger partial charge in [-0.05, 0) is 31.5 Å². The number of carbonyl (C=O) groups is 2. The molecule has 1 aromatic rings. The topological polar surface area (TPSA) is 105 Å². The molecule has 2 fully saturated rings. The van der Waals surface area contributed by atoms with Gasteiger partial charge >= 0.3 is 5.97 Å². The second kappa shape index (κ2) is 7.42. The Bertz CT molecular complexity index is 824. The van der Waals surface area contributed by atoms with E-state index in [2.05, 4.69) is 4.99 Å². The van der Waals surface area contributed by atoms with E-state index in [1.165, 1.54) is 12.1 Å². The fourth-order valence-corrected chi connectivity index (χ4v) is 4.88. The first-order valence-electron chi connectivity index (χ1n) is 8.71. The van der Waals surface area contributed by atoms with Crippen LogP contribution in [-0.4, -0.2) is 69.2 Å². The second-order valence-electron chi connectivity index (χ2n) is 7.46. The monoisotopic (exact) mass is 406 g/mol. The fraction of sp³-hybridized carbons (Fsp3) is 0.500. The minimum Gasteiger partial charge on any atom is -0.459 e. The third kappa shape index (κ3) is 3.68.